The Morgan fingerprint density at radius 2 is 1.86 bits per heavy atom. The van der Waals surface area contributed by atoms with Crippen molar-refractivity contribution >= 4 is 0 Å². The first-order valence-electron chi connectivity index (χ1n) is 6.18. The maximum absolute atomic E-state index is 2.68. The molecule has 1 aliphatic heterocycles. The van der Waals surface area contributed by atoms with Gasteiger partial charge in [0.05, 0.1) is 0 Å². The second-order valence-corrected chi connectivity index (χ2v) is 5.24. The summed E-state index contributed by atoms with van der Waals surface area (Å²) in [7, 11) is 2.25. The summed E-state index contributed by atoms with van der Waals surface area (Å²) < 4.78 is 0. The molecule has 1 heterocycles. The molecule has 82 valence electrons. The number of hydrogen-bond acceptors (Lipinski definition) is 2. The average molecular weight is 196 g/mol. The molecular weight excluding hydrogens is 172 g/mol. The van der Waals surface area contributed by atoms with Crippen LogP contribution in [0.1, 0.15) is 32.6 Å². The Bertz CT molecular complexity index is 175. The van der Waals surface area contributed by atoms with Gasteiger partial charge in [-0.3, -0.25) is 0 Å². The van der Waals surface area contributed by atoms with E-state index in [2.05, 4.69) is 23.8 Å². The summed E-state index contributed by atoms with van der Waals surface area (Å²) in [6.07, 6.45) is 5.93. The third-order valence-corrected chi connectivity index (χ3v) is 4.03. The van der Waals surface area contributed by atoms with Crippen LogP contribution in [0.2, 0.25) is 0 Å². The average Bonchev–Trinajstić information content (AvgIpc) is 2.64. The van der Waals surface area contributed by atoms with Crippen LogP contribution in [0, 0.1) is 5.92 Å². The standard InChI is InChI=1S/C12H24N2/c1-11-9-14(8-7-13(11)2)10-12-5-3-4-6-12/h11-12H,3-10H2,1-2H3. The molecule has 1 saturated heterocycles. The molecule has 1 aliphatic carbocycles. The van der Waals surface area contributed by atoms with Gasteiger partial charge in [0.25, 0.3) is 0 Å². The first-order chi connectivity index (χ1) is 6.75. The van der Waals surface area contributed by atoms with Crippen molar-refractivity contribution in [1.29, 1.82) is 0 Å². The molecule has 0 radical (unpaired) electrons. The summed E-state index contributed by atoms with van der Waals surface area (Å²) in [5, 5.41) is 0. The van der Waals surface area contributed by atoms with Crippen molar-refractivity contribution in [2.75, 3.05) is 33.2 Å². The number of rotatable bonds is 2. The number of nitrogens with zero attached hydrogens (tertiary/aromatic N) is 2. The lowest BCUT2D eigenvalue weighted by atomic mass is 10.1. The van der Waals surface area contributed by atoms with Crippen LogP contribution in [-0.4, -0.2) is 49.1 Å². The highest BCUT2D eigenvalue weighted by Crippen LogP contribution is 2.26. The summed E-state index contributed by atoms with van der Waals surface area (Å²) >= 11 is 0. The zero-order chi connectivity index (χ0) is 9.97. The predicted octanol–water partition coefficient (Wildman–Crippen LogP) is 1.81. The Hall–Kier alpha value is -0.0800. The van der Waals surface area contributed by atoms with Gasteiger partial charge in [0.15, 0.2) is 0 Å². The third kappa shape index (κ3) is 2.48. The van der Waals surface area contributed by atoms with E-state index in [1.807, 2.05) is 0 Å². The van der Waals surface area contributed by atoms with Gasteiger partial charge < -0.3 is 9.80 Å². The van der Waals surface area contributed by atoms with Gasteiger partial charge in [-0.15, -0.1) is 0 Å². The minimum absolute atomic E-state index is 0.755. The van der Waals surface area contributed by atoms with Crippen LogP contribution in [0.4, 0.5) is 0 Å². The number of hydrogen-bond donors (Lipinski definition) is 0. The lowest BCUT2D eigenvalue weighted by molar-refractivity contribution is 0.0929. The van der Waals surface area contributed by atoms with Crippen molar-refractivity contribution in [2.24, 2.45) is 5.92 Å². The van der Waals surface area contributed by atoms with Crippen molar-refractivity contribution < 1.29 is 0 Å². The minimum atomic E-state index is 0.755. The maximum Gasteiger partial charge on any atom is 0.0192 e. The van der Waals surface area contributed by atoms with E-state index in [4.69, 9.17) is 0 Å². The second kappa shape index (κ2) is 4.63. The molecule has 0 aromatic heterocycles. The van der Waals surface area contributed by atoms with Crippen molar-refractivity contribution in [1.82, 2.24) is 9.80 Å². The lowest BCUT2D eigenvalue weighted by Gasteiger charge is -2.38. The molecular formula is C12H24N2. The number of likely N-dealkylation sites (N-methyl/N-ethyl adjacent to an activating group) is 1. The zero-order valence-electron chi connectivity index (χ0n) is 9.71. The molecule has 2 heteroatoms. The van der Waals surface area contributed by atoms with Gasteiger partial charge in [-0.05, 0) is 32.7 Å². The highest BCUT2D eigenvalue weighted by molar-refractivity contribution is 4.79. The molecule has 0 N–H and O–H groups in total. The van der Waals surface area contributed by atoms with E-state index in [1.54, 1.807) is 0 Å². The van der Waals surface area contributed by atoms with Crippen LogP contribution in [0.3, 0.4) is 0 Å². The first-order valence-corrected chi connectivity index (χ1v) is 6.18. The zero-order valence-corrected chi connectivity index (χ0v) is 9.71. The third-order valence-electron chi connectivity index (χ3n) is 4.03. The van der Waals surface area contributed by atoms with Crippen molar-refractivity contribution in [3.63, 3.8) is 0 Å². The summed E-state index contributed by atoms with van der Waals surface area (Å²) in [5.74, 6) is 1.02. The SMILES string of the molecule is CC1CN(CC2CCCC2)CCN1C. The first kappa shape index (κ1) is 10.4. The number of piperazine rings is 1. The smallest absolute Gasteiger partial charge is 0.0192 e. The van der Waals surface area contributed by atoms with E-state index in [1.165, 1.54) is 51.9 Å². The second-order valence-electron chi connectivity index (χ2n) is 5.24. The van der Waals surface area contributed by atoms with E-state index in [0.717, 1.165) is 12.0 Å². The van der Waals surface area contributed by atoms with Gasteiger partial charge >= 0.3 is 0 Å². The van der Waals surface area contributed by atoms with Gasteiger partial charge in [-0.2, -0.15) is 0 Å². The normalized spacial score (nSPS) is 32.6. The molecule has 0 amide bonds. The Labute approximate surface area is 88.3 Å². The van der Waals surface area contributed by atoms with Crippen molar-refractivity contribution in [3.8, 4) is 0 Å². The fraction of sp³-hybridized carbons (Fsp3) is 1.00. The van der Waals surface area contributed by atoms with E-state index in [0.29, 0.717) is 0 Å². The molecule has 0 spiro atoms. The maximum atomic E-state index is 2.68. The van der Waals surface area contributed by atoms with Gasteiger partial charge in [0.1, 0.15) is 0 Å². The van der Waals surface area contributed by atoms with Crippen molar-refractivity contribution in [3.05, 3.63) is 0 Å². The minimum Gasteiger partial charge on any atom is -0.301 e. The molecule has 2 nitrogen and oxygen atoms in total. The Morgan fingerprint density at radius 1 is 1.14 bits per heavy atom. The van der Waals surface area contributed by atoms with Gasteiger partial charge in [0.2, 0.25) is 0 Å². The molecule has 1 atom stereocenters. The highest BCUT2D eigenvalue weighted by Gasteiger charge is 2.24. The molecule has 14 heavy (non-hydrogen) atoms. The van der Waals surface area contributed by atoms with E-state index < -0.39 is 0 Å². The largest absolute Gasteiger partial charge is 0.301 e. The Morgan fingerprint density at radius 3 is 2.50 bits per heavy atom. The topological polar surface area (TPSA) is 6.48 Å². The Balaban J connectivity index is 1.75. The lowest BCUT2D eigenvalue weighted by Crippen LogP contribution is -2.50. The molecule has 1 unspecified atom stereocenters. The van der Waals surface area contributed by atoms with Crippen LogP contribution in [0.15, 0.2) is 0 Å². The van der Waals surface area contributed by atoms with Gasteiger partial charge in [-0.25, -0.2) is 0 Å². The summed E-state index contributed by atoms with van der Waals surface area (Å²) in [6, 6.07) is 0.755. The molecule has 2 aliphatic rings. The van der Waals surface area contributed by atoms with Crippen LogP contribution in [-0.2, 0) is 0 Å². The van der Waals surface area contributed by atoms with E-state index in [9.17, 15) is 0 Å². The van der Waals surface area contributed by atoms with Crippen LogP contribution < -0.4 is 0 Å². The Kier molecular flexibility index (Phi) is 3.45. The molecule has 0 bridgehead atoms. The van der Waals surface area contributed by atoms with E-state index >= 15 is 0 Å². The molecule has 2 fully saturated rings. The van der Waals surface area contributed by atoms with Gasteiger partial charge in [-0.1, -0.05) is 12.8 Å². The molecule has 0 aromatic rings. The van der Waals surface area contributed by atoms with E-state index in [-0.39, 0.29) is 0 Å². The summed E-state index contributed by atoms with van der Waals surface area (Å²) in [5.41, 5.74) is 0. The van der Waals surface area contributed by atoms with Gasteiger partial charge in [0, 0.05) is 32.2 Å². The quantitative estimate of drug-likeness (QED) is 0.664. The predicted molar refractivity (Wildman–Crippen MR) is 60.5 cm³/mol. The summed E-state index contributed by atoms with van der Waals surface area (Å²) in [6.45, 7) is 7.55. The fourth-order valence-electron chi connectivity index (χ4n) is 2.85. The molecule has 0 aromatic carbocycles. The van der Waals surface area contributed by atoms with Crippen LogP contribution in [0.25, 0.3) is 0 Å². The van der Waals surface area contributed by atoms with Crippen molar-refractivity contribution in [2.45, 2.75) is 38.6 Å². The monoisotopic (exact) mass is 196 g/mol. The molecule has 1 saturated carbocycles. The fourth-order valence-corrected chi connectivity index (χ4v) is 2.85. The highest BCUT2D eigenvalue weighted by atomic mass is 15.3. The van der Waals surface area contributed by atoms with Crippen LogP contribution in [0.5, 0.6) is 0 Å². The molecule has 2 rings (SSSR count). The van der Waals surface area contributed by atoms with Crippen LogP contribution >= 0.6 is 0 Å². The summed E-state index contributed by atoms with van der Waals surface area (Å²) in [4.78, 5) is 5.16.